The van der Waals surface area contributed by atoms with Crippen molar-refractivity contribution in [3.8, 4) is 28.0 Å². The molecule has 1 aliphatic heterocycles. The smallest absolute Gasteiger partial charge is 0.339 e. The van der Waals surface area contributed by atoms with Crippen LogP contribution in [0.5, 0.6) is 5.75 Å². The van der Waals surface area contributed by atoms with E-state index in [9.17, 15) is 14.7 Å². The van der Waals surface area contributed by atoms with E-state index < -0.39 is 29.1 Å². The summed E-state index contributed by atoms with van der Waals surface area (Å²) in [4.78, 5) is 26.6. The molecule has 5 rings (SSSR count). The number of aryl methyl sites for hydroxylation is 2. The van der Waals surface area contributed by atoms with Gasteiger partial charge in [0.2, 0.25) is 0 Å². The summed E-state index contributed by atoms with van der Waals surface area (Å²) in [5.41, 5.74) is 3.54. The quantitative estimate of drug-likeness (QED) is 0.317. The molecule has 1 unspecified atom stereocenters. The molecule has 2 aromatic carbocycles. The van der Waals surface area contributed by atoms with E-state index in [1.807, 2.05) is 19.9 Å². The number of aliphatic carboxylic acids is 1. The first-order chi connectivity index (χ1) is 18.8. The highest BCUT2D eigenvalue weighted by Gasteiger charge is 2.34. The lowest BCUT2D eigenvalue weighted by molar-refractivity contribution is -0.161. The number of carbonyl (C=O) groups is 1. The highest BCUT2D eigenvalue weighted by atomic mass is 19.1. The van der Waals surface area contributed by atoms with Crippen LogP contribution in [0, 0.1) is 26.6 Å². The average molecular weight is 549 g/mol. The number of benzene rings is 2. The Labute approximate surface area is 231 Å². The summed E-state index contributed by atoms with van der Waals surface area (Å²) in [6.07, 6.45) is -0.125. The van der Waals surface area contributed by atoms with E-state index >= 15 is 4.39 Å². The van der Waals surface area contributed by atoms with Crippen LogP contribution in [0.15, 0.2) is 33.6 Å². The SMILES string of the molecule is Cc1noc(C)c1-c1ccc2c(-c3cc(F)c4c(c3C)CCCO4)c(C(OC(C)(C)C)C(=O)O)n(C)c(=O)c2c1. The Bertz CT molecular complexity index is 1710. The zero-order valence-electron chi connectivity index (χ0n) is 23.8. The second kappa shape index (κ2) is 9.89. The summed E-state index contributed by atoms with van der Waals surface area (Å²) in [6, 6.07) is 6.75. The standard InChI is InChI=1S/C31H33FN2O6/c1-15-19-9-8-12-38-27(19)23(32)14-21(15)25-20-11-10-18(24-16(2)33-40-17(24)3)13-22(20)29(35)34(7)26(25)28(30(36)37)39-31(4,5)6/h10-11,13-14,28H,8-9,12H2,1-7H3,(H,36,37). The van der Waals surface area contributed by atoms with Gasteiger partial charge in [-0.15, -0.1) is 0 Å². The number of halogens is 1. The Morgan fingerprint density at radius 1 is 1.15 bits per heavy atom. The van der Waals surface area contributed by atoms with Crippen LogP contribution in [0.2, 0.25) is 0 Å². The molecule has 0 spiro atoms. The van der Waals surface area contributed by atoms with Gasteiger partial charge in [0.25, 0.3) is 5.56 Å². The van der Waals surface area contributed by atoms with Gasteiger partial charge < -0.3 is 23.7 Å². The molecule has 0 saturated carbocycles. The van der Waals surface area contributed by atoms with Gasteiger partial charge in [0, 0.05) is 29.1 Å². The Hall–Kier alpha value is -3.98. The van der Waals surface area contributed by atoms with Gasteiger partial charge in [-0.2, -0.15) is 0 Å². The normalized spacial score (nSPS) is 14.2. The van der Waals surface area contributed by atoms with Crippen molar-refractivity contribution >= 4 is 16.7 Å². The summed E-state index contributed by atoms with van der Waals surface area (Å²) >= 11 is 0. The molecule has 9 heteroatoms. The maximum atomic E-state index is 15.5. The van der Waals surface area contributed by atoms with Crippen LogP contribution >= 0.6 is 0 Å². The third kappa shape index (κ3) is 4.58. The van der Waals surface area contributed by atoms with Crippen molar-refractivity contribution in [1.29, 1.82) is 0 Å². The van der Waals surface area contributed by atoms with Crippen molar-refractivity contribution in [2.24, 2.45) is 7.05 Å². The number of ether oxygens (including phenoxy) is 2. The van der Waals surface area contributed by atoms with Crippen LogP contribution in [0.4, 0.5) is 4.39 Å². The maximum absolute atomic E-state index is 15.5. The van der Waals surface area contributed by atoms with Crippen molar-refractivity contribution in [2.45, 2.75) is 66.1 Å². The van der Waals surface area contributed by atoms with Gasteiger partial charge in [-0.05, 0) is 88.6 Å². The van der Waals surface area contributed by atoms with E-state index in [0.717, 1.165) is 28.7 Å². The Balaban J connectivity index is 1.92. The van der Waals surface area contributed by atoms with Gasteiger partial charge >= 0.3 is 5.97 Å². The number of hydrogen-bond acceptors (Lipinski definition) is 6. The third-order valence-corrected chi connectivity index (χ3v) is 7.41. The average Bonchev–Trinajstić information content (AvgIpc) is 3.24. The van der Waals surface area contributed by atoms with E-state index in [-0.39, 0.29) is 11.4 Å². The predicted molar refractivity (Wildman–Crippen MR) is 149 cm³/mol. The summed E-state index contributed by atoms with van der Waals surface area (Å²) in [6.45, 7) is 11.2. The summed E-state index contributed by atoms with van der Waals surface area (Å²) in [7, 11) is 1.53. The summed E-state index contributed by atoms with van der Waals surface area (Å²) in [5, 5.41) is 15.2. The number of fused-ring (bicyclic) bond motifs is 2. The largest absolute Gasteiger partial charge is 0.490 e. The van der Waals surface area contributed by atoms with E-state index in [4.69, 9.17) is 14.0 Å². The summed E-state index contributed by atoms with van der Waals surface area (Å²) < 4.78 is 33.9. The number of rotatable bonds is 5. The number of pyridine rings is 1. The molecule has 4 aromatic rings. The van der Waals surface area contributed by atoms with E-state index in [1.165, 1.54) is 17.7 Å². The minimum absolute atomic E-state index is 0.143. The lowest BCUT2D eigenvalue weighted by atomic mass is 9.87. The zero-order chi connectivity index (χ0) is 29.1. The van der Waals surface area contributed by atoms with Crippen LogP contribution in [0.3, 0.4) is 0 Å². The molecule has 0 radical (unpaired) electrons. The maximum Gasteiger partial charge on any atom is 0.339 e. The zero-order valence-corrected chi connectivity index (χ0v) is 23.8. The number of hydrogen-bond donors (Lipinski definition) is 1. The molecular formula is C31H33FN2O6. The van der Waals surface area contributed by atoms with Crippen molar-refractivity contribution < 1.29 is 28.3 Å². The first kappa shape index (κ1) is 27.6. The van der Waals surface area contributed by atoms with Crippen LogP contribution in [0.25, 0.3) is 33.0 Å². The minimum Gasteiger partial charge on any atom is -0.490 e. The molecule has 0 bridgehead atoms. The molecule has 1 atom stereocenters. The van der Waals surface area contributed by atoms with Crippen molar-refractivity contribution in [1.82, 2.24) is 9.72 Å². The highest BCUT2D eigenvalue weighted by Crippen LogP contribution is 2.43. The fourth-order valence-corrected chi connectivity index (χ4v) is 5.67. The molecule has 1 N–H and O–H groups in total. The monoisotopic (exact) mass is 548 g/mol. The number of carboxylic acid groups (broad SMARTS) is 1. The molecule has 0 amide bonds. The fraction of sp³-hybridized carbons (Fsp3) is 0.387. The molecule has 210 valence electrons. The van der Waals surface area contributed by atoms with Crippen LogP contribution < -0.4 is 10.3 Å². The van der Waals surface area contributed by atoms with Gasteiger partial charge in [-0.3, -0.25) is 4.79 Å². The molecule has 0 fully saturated rings. The number of nitrogens with zero attached hydrogens (tertiary/aromatic N) is 2. The fourth-order valence-electron chi connectivity index (χ4n) is 5.67. The van der Waals surface area contributed by atoms with Crippen molar-refractivity contribution in [2.75, 3.05) is 6.61 Å². The lowest BCUT2D eigenvalue weighted by Crippen LogP contribution is -2.33. The molecule has 40 heavy (non-hydrogen) atoms. The van der Waals surface area contributed by atoms with Crippen LogP contribution in [0.1, 0.15) is 61.6 Å². The molecule has 3 heterocycles. The highest BCUT2D eigenvalue weighted by molar-refractivity contribution is 6.01. The molecule has 1 aliphatic rings. The second-order valence-corrected chi connectivity index (χ2v) is 11.3. The van der Waals surface area contributed by atoms with Crippen LogP contribution in [-0.2, 0) is 23.0 Å². The Morgan fingerprint density at radius 3 is 2.50 bits per heavy atom. The number of carboxylic acids is 1. The molecule has 0 aliphatic carbocycles. The lowest BCUT2D eigenvalue weighted by Gasteiger charge is -2.29. The van der Waals surface area contributed by atoms with Gasteiger partial charge in [0.1, 0.15) is 5.76 Å². The van der Waals surface area contributed by atoms with E-state index in [2.05, 4.69) is 5.16 Å². The Morgan fingerprint density at radius 2 is 1.88 bits per heavy atom. The second-order valence-electron chi connectivity index (χ2n) is 11.3. The molecule has 0 saturated heterocycles. The molecular weight excluding hydrogens is 515 g/mol. The van der Waals surface area contributed by atoms with Gasteiger partial charge in [0.15, 0.2) is 17.7 Å². The van der Waals surface area contributed by atoms with E-state index in [0.29, 0.717) is 46.4 Å². The van der Waals surface area contributed by atoms with Crippen molar-refractivity contribution in [3.63, 3.8) is 0 Å². The van der Waals surface area contributed by atoms with E-state index in [1.54, 1.807) is 39.8 Å². The molecule has 2 aromatic heterocycles. The third-order valence-electron chi connectivity index (χ3n) is 7.41. The summed E-state index contributed by atoms with van der Waals surface area (Å²) in [5.74, 6) is -0.941. The first-order valence-electron chi connectivity index (χ1n) is 13.3. The molecule has 8 nitrogen and oxygen atoms in total. The van der Waals surface area contributed by atoms with Gasteiger partial charge in [0.05, 0.1) is 23.6 Å². The minimum atomic E-state index is -1.49. The van der Waals surface area contributed by atoms with Crippen LogP contribution in [-0.4, -0.2) is 33.0 Å². The first-order valence-corrected chi connectivity index (χ1v) is 13.3. The topological polar surface area (TPSA) is 104 Å². The Kier molecular flexibility index (Phi) is 6.82. The number of aromatic nitrogens is 2. The van der Waals surface area contributed by atoms with Crippen molar-refractivity contribution in [3.05, 3.63) is 68.7 Å². The van der Waals surface area contributed by atoms with Gasteiger partial charge in [-0.25, -0.2) is 9.18 Å². The van der Waals surface area contributed by atoms with Gasteiger partial charge in [-0.1, -0.05) is 17.3 Å². The predicted octanol–water partition coefficient (Wildman–Crippen LogP) is 6.19.